The van der Waals surface area contributed by atoms with Crippen LogP contribution >= 0.6 is 0 Å². The molecule has 3 N–H and O–H groups in total. The molecule has 4 nitrogen and oxygen atoms in total. The van der Waals surface area contributed by atoms with Crippen molar-refractivity contribution in [3.05, 3.63) is 30.3 Å². The second-order valence-corrected chi connectivity index (χ2v) is 2.49. The minimum absolute atomic E-state index is 0.229. The Hall–Kier alpha value is -1.73. The van der Waals surface area contributed by atoms with Crippen LogP contribution in [0.5, 0.6) is 0 Å². The molecule has 110 valence electrons. The third-order valence-corrected chi connectivity index (χ3v) is 1.58. The Morgan fingerprint density at radius 1 is 0.947 bits per heavy atom. The van der Waals surface area contributed by atoms with Gasteiger partial charge in [0, 0.05) is 5.69 Å². The van der Waals surface area contributed by atoms with Crippen molar-refractivity contribution in [1.82, 2.24) is 10.6 Å². The van der Waals surface area contributed by atoms with Gasteiger partial charge in [-0.3, -0.25) is 10.6 Å². The summed E-state index contributed by atoms with van der Waals surface area (Å²) in [6, 6.07) is 9.67. The van der Waals surface area contributed by atoms with Gasteiger partial charge >= 0.3 is 0 Å². The lowest BCUT2D eigenvalue weighted by Gasteiger charge is -2.16. The summed E-state index contributed by atoms with van der Waals surface area (Å²) in [6.45, 7) is 12.0. The lowest BCUT2D eigenvalue weighted by atomic mass is 10.3. The predicted octanol–water partition coefficient (Wildman–Crippen LogP) is 3.75. The highest BCUT2D eigenvalue weighted by atomic mass is 15.3. The molecule has 0 fully saturated rings. The van der Waals surface area contributed by atoms with E-state index < -0.39 is 0 Å². The minimum Gasteiger partial charge on any atom is -0.353 e. The molecule has 0 heterocycles. The van der Waals surface area contributed by atoms with Crippen LogP contribution in [0, 0.1) is 11.5 Å². The zero-order valence-corrected chi connectivity index (χ0v) is 13.4. The van der Waals surface area contributed by atoms with Gasteiger partial charge in [-0.25, -0.2) is 0 Å². The zero-order chi connectivity index (χ0) is 15.5. The fourth-order valence-electron chi connectivity index (χ4n) is 0.946. The topological polar surface area (TPSA) is 59.9 Å². The Labute approximate surface area is 119 Å². The van der Waals surface area contributed by atoms with E-state index >= 15 is 0 Å². The lowest BCUT2D eigenvalue weighted by Crippen LogP contribution is -2.43. The molecular weight excluding hydrogens is 236 g/mol. The molecule has 0 aliphatic rings. The van der Waals surface area contributed by atoms with Crippen LogP contribution in [0.25, 0.3) is 0 Å². The number of nitrogens with one attached hydrogen (secondary N) is 3. The maximum absolute atomic E-state index is 8.40. The SMILES string of the molecule is CC.CC.CC.CNC(NC#N)Nc1ccccc1. The number of para-hydroxylation sites is 1. The Morgan fingerprint density at radius 2 is 1.42 bits per heavy atom. The first-order valence-corrected chi connectivity index (χ1v) is 7.00. The average Bonchev–Trinajstić information content (AvgIpc) is 2.54. The van der Waals surface area contributed by atoms with Gasteiger partial charge < -0.3 is 5.32 Å². The summed E-state index contributed by atoms with van der Waals surface area (Å²) in [4.78, 5) is 0. The largest absolute Gasteiger partial charge is 0.353 e. The van der Waals surface area contributed by atoms with Gasteiger partial charge in [0.1, 0.15) is 0 Å². The molecular formula is C15H30N4. The molecule has 1 atom stereocenters. The molecule has 0 radical (unpaired) electrons. The first kappa shape index (κ1) is 22.5. The number of rotatable bonds is 4. The van der Waals surface area contributed by atoms with Crippen LogP contribution in [0.4, 0.5) is 5.69 Å². The number of hydrogen-bond donors (Lipinski definition) is 3. The van der Waals surface area contributed by atoms with E-state index in [0.29, 0.717) is 0 Å². The van der Waals surface area contributed by atoms with Crippen molar-refractivity contribution in [2.45, 2.75) is 47.8 Å². The van der Waals surface area contributed by atoms with Crippen molar-refractivity contribution in [3.63, 3.8) is 0 Å². The molecule has 1 aromatic carbocycles. The van der Waals surface area contributed by atoms with Crippen molar-refractivity contribution < 1.29 is 0 Å². The van der Waals surface area contributed by atoms with Crippen molar-refractivity contribution in [1.29, 1.82) is 5.26 Å². The molecule has 0 bridgehead atoms. The normalized spacial score (nSPS) is 8.74. The molecule has 1 rings (SSSR count). The fourth-order valence-corrected chi connectivity index (χ4v) is 0.946. The molecule has 4 heteroatoms. The third-order valence-electron chi connectivity index (χ3n) is 1.58. The van der Waals surface area contributed by atoms with Crippen LogP contribution in [0.15, 0.2) is 30.3 Å². The van der Waals surface area contributed by atoms with Crippen LogP contribution < -0.4 is 16.0 Å². The highest BCUT2D eigenvalue weighted by Crippen LogP contribution is 2.04. The van der Waals surface area contributed by atoms with E-state index in [-0.39, 0.29) is 6.29 Å². The fraction of sp³-hybridized carbons (Fsp3) is 0.533. The quantitative estimate of drug-likeness (QED) is 0.441. The second kappa shape index (κ2) is 21.5. The molecule has 19 heavy (non-hydrogen) atoms. The number of nitrogens with zero attached hydrogens (tertiary/aromatic N) is 1. The first-order chi connectivity index (χ1) is 9.36. The zero-order valence-electron chi connectivity index (χ0n) is 13.4. The van der Waals surface area contributed by atoms with Gasteiger partial charge in [0.05, 0.1) is 0 Å². The summed E-state index contributed by atoms with van der Waals surface area (Å²) in [5.74, 6) is 0. The second-order valence-electron chi connectivity index (χ2n) is 2.49. The summed E-state index contributed by atoms with van der Waals surface area (Å²) >= 11 is 0. The van der Waals surface area contributed by atoms with Crippen LogP contribution in [0.1, 0.15) is 41.5 Å². The molecule has 0 aromatic heterocycles. The van der Waals surface area contributed by atoms with E-state index in [4.69, 9.17) is 5.26 Å². The van der Waals surface area contributed by atoms with Gasteiger partial charge in [0.25, 0.3) is 0 Å². The van der Waals surface area contributed by atoms with Crippen LogP contribution in [0.3, 0.4) is 0 Å². The molecule has 0 aliphatic heterocycles. The molecule has 0 aliphatic carbocycles. The molecule has 1 aromatic rings. The van der Waals surface area contributed by atoms with E-state index in [9.17, 15) is 0 Å². The summed E-state index contributed by atoms with van der Waals surface area (Å²) in [5, 5.41) is 17.0. The first-order valence-electron chi connectivity index (χ1n) is 7.00. The smallest absolute Gasteiger partial charge is 0.179 e. The molecule has 0 amide bonds. The number of anilines is 1. The highest BCUT2D eigenvalue weighted by Gasteiger charge is 2.01. The van der Waals surface area contributed by atoms with Gasteiger partial charge in [-0.05, 0) is 19.2 Å². The van der Waals surface area contributed by atoms with Gasteiger partial charge in [0.15, 0.2) is 12.5 Å². The van der Waals surface area contributed by atoms with E-state index in [1.54, 1.807) is 7.05 Å². The Morgan fingerprint density at radius 3 is 1.79 bits per heavy atom. The summed E-state index contributed by atoms with van der Waals surface area (Å²) in [7, 11) is 1.77. The van der Waals surface area contributed by atoms with E-state index in [2.05, 4.69) is 16.0 Å². The number of benzene rings is 1. The third kappa shape index (κ3) is 14.2. The standard InChI is InChI=1S/C9H12N4.3C2H6/c1-11-9(12-7-10)13-8-5-3-2-4-6-8;3*1-2/h2-6,9,11-13H,1H3;3*1-2H3. The molecule has 0 saturated heterocycles. The molecule has 0 saturated carbocycles. The van der Waals surface area contributed by atoms with Crippen molar-refractivity contribution >= 4 is 5.69 Å². The monoisotopic (exact) mass is 266 g/mol. The average molecular weight is 266 g/mol. The van der Waals surface area contributed by atoms with Gasteiger partial charge in [-0.2, -0.15) is 5.26 Å². The van der Waals surface area contributed by atoms with Gasteiger partial charge in [-0.15, -0.1) is 0 Å². The summed E-state index contributed by atoms with van der Waals surface area (Å²) in [5.41, 5.74) is 0.963. The van der Waals surface area contributed by atoms with Crippen molar-refractivity contribution in [2.75, 3.05) is 12.4 Å². The highest BCUT2D eigenvalue weighted by molar-refractivity contribution is 5.43. The maximum Gasteiger partial charge on any atom is 0.179 e. The molecule has 0 spiro atoms. The maximum atomic E-state index is 8.40. The van der Waals surface area contributed by atoms with Crippen LogP contribution in [-0.4, -0.2) is 13.3 Å². The Kier molecular flexibility index (Phi) is 25.5. The summed E-state index contributed by atoms with van der Waals surface area (Å²) in [6.07, 6.45) is 1.63. The van der Waals surface area contributed by atoms with Crippen molar-refractivity contribution in [3.8, 4) is 6.19 Å². The van der Waals surface area contributed by atoms with Crippen LogP contribution in [0.2, 0.25) is 0 Å². The number of nitriles is 1. The molecule has 1 unspecified atom stereocenters. The Bertz CT molecular complexity index is 280. The Balaban J connectivity index is -0.000000375. The lowest BCUT2D eigenvalue weighted by molar-refractivity contribution is 0.579. The van der Waals surface area contributed by atoms with E-state index in [0.717, 1.165) is 5.69 Å². The minimum atomic E-state index is -0.229. The van der Waals surface area contributed by atoms with Crippen molar-refractivity contribution in [2.24, 2.45) is 0 Å². The summed E-state index contributed by atoms with van der Waals surface area (Å²) < 4.78 is 0. The van der Waals surface area contributed by atoms with E-state index in [1.807, 2.05) is 78.1 Å². The van der Waals surface area contributed by atoms with Gasteiger partial charge in [-0.1, -0.05) is 59.7 Å². The predicted molar refractivity (Wildman–Crippen MR) is 85.7 cm³/mol. The van der Waals surface area contributed by atoms with Crippen LogP contribution in [-0.2, 0) is 0 Å². The number of hydrogen-bond acceptors (Lipinski definition) is 4. The van der Waals surface area contributed by atoms with E-state index in [1.165, 1.54) is 0 Å². The van der Waals surface area contributed by atoms with Gasteiger partial charge in [0.2, 0.25) is 0 Å².